The highest BCUT2D eigenvalue weighted by molar-refractivity contribution is 5.39. The zero-order chi connectivity index (χ0) is 25.7. The summed E-state index contributed by atoms with van der Waals surface area (Å²) in [4.78, 5) is 0. The SMILES string of the molecule is C#CC(O)CCCCCCCCCCCCCC#CCCCC=CC=C(O)C#CC#CC#CCO. The predicted octanol–water partition coefficient (Wildman–Crippen LogP) is 6.23. The van der Waals surface area contributed by atoms with Gasteiger partial charge in [0.2, 0.25) is 0 Å². The average molecular weight is 475 g/mol. The number of aliphatic hydroxyl groups excluding tert-OH is 3. The van der Waals surface area contributed by atoms with Crippen molar-refractivity contribution in [2.45, 2.75) is 109 Å². The van der Waals surface area contributed by atoms with Gasteiger partial charge in [0.15, 0.2) is 5.76 Å². The first kappa shape index (κ1) is 32.0. The topological polar surface area (TPSA) is 60.7 Å². The monoisotopic (exact) mass is 474 g/mol. The number of terminal acetylenes is 1. The number of unbranched alkanes of at least 4 members (excludes halogenated alkanes) is 13. The first-order valence-electron chi connectivity index (χ1n) is 13.0. The summed E-state index contributed by atoms with van der Waals surface area (Å²) in [6, 6.07) is 0. The van der Waals surface area contributed by atoms with Gasteiger partial charge in [-0.3, -0.25) is 0 Å². The molecule has 0 rings (SSSR count). The number of aliphatic hydroxyl groups is 3. The van der Waals surface area contributed by atoms with Crippen molar-refractivity contribution in [2.75, 3.05) is 6.61 Å². The Morgan fingerprint density at radius 1 is 0.714 bits per heavy atom. The fourth-order valence-corrected chi connectivity index (χ4v) is 3.25. The van der Waals surface area contributed by atoms with Crippen LogP contribution in [0.1, 0.15) is 103 Å². The number of allylic oxidation sites excluding steroid dienone is 4. The van der Waals surface area contributed by atoms with E-state index in [0.717, 1.165) is 38.5 Å². The molecule has 0 aromatic heterocycles. The zero-order valence-electron chi connectivity index (χ0n) is 21.2. The van der Waals surface area contributed by atoms with Gasteiger partial charge >= 0.3 is 0 Å². The van der Waals surface area contributed by atoms with Crippen molar-refractivity contribution in [3.05, 3.63) is 24.0 Å². The van der Waals surface area contributed by atoms with E-state index in [-0.39, 0.29) is 12.4 Å². The van der Waals surface area contributed by atoms with Crippen LogP contribution < -0.4 is 0 Å². The van der Waals surface area contributed by atoms with Crippen LogP contribution in [0.15, 0.2) is 24.0 Å². The van der Waals surface area contributed by atoms with Gasteiger partial charge in [0.25, 0.3) is 0 Å². The van der Waals surface area contributed by atoms with Crippen molar-refractivity contribution >= 4 is 0 Å². The molecule has 0 amide bonds. The maximum absolute atomic E-state index is 9.58. The standard InChI is InChI=1S/C32H42O3/c1-2-31(34)27-23-19-16-14-12-10-8-6-4-3-5-7-9-11-13-15-17-20-24-28-32(35)29-25-21-18-22-26-30-33/h1,20,24,28,31,33-35H,3-8,10,12-17,19,23,27,30H2. The molecule has 0 fully saturated rings. The van der Waals surface area contributed by atoms with E-state index in [1.807, 2.05) is 6.08 Å². The van der Waals surface area contributed by atoms with Crippen LogP contribution >= 0.6 is 0 Å². The molecule has 0 spiro atoms. The molecule has 0 aromatic carbocycles. The van der Waals surface area contributed by atoms with E-state index in [0.29, 0.717) is 0 Å². The van der Waals surface area contributed by atoms with Crippen molar-refractivity contribution in [1.82, 2.24) is 0 Å². The molecule has 3 nitrogen and oxygen atoms in total. The van der Waals surface area contributed by atoms with Crippen molar-refractivity contribution < 1.29 is 15.3 Å². The molecule has 0 heterocycles. The molecule has 3 heteroatoms. The summed E-state index contributed by atoms with van der Waals surface area (Å²) in [5, 5.41) is 27.3. The minimum atomic E-state index is -0.557. The van der Waals surface area contributed by atoms with Crippen LogP contribution in [0.3, 0.4) is 0 Å². The Hall–Kier alpha value is -3.00. The molecule has 0 aliphatic heterocycles. The van der Waals surface area contributed by atoms with Crippen LogP contribution in [0.25, 0.3) is 0 Å². The Morgan fingerprint density at radius 3 is 1.91 bits per heavy atom. The first-order chi connectivity index (χ1) is 17.2. The molecule has 3 N–H and O–H groups in total. The fourth-order valence-electron chi connectivity index (χ4n) is 3.25. The highest BCUT2D eigenvalue weighted by Crippen LogP contribution is 2.13. The Balaban J connectivity index is 3.50. The summed E-state index contributed by atoms with van der Waals surface area (Å²) >= 11 is 0. The second-order valence-corrected chi connectivity index (χ2v) is 8.30. The molecule has 0 bridgehead atoms. The quantitative estimate of drug-likeness (QED) is 0.101. The molecular formula is C32H42O3. The predicted molar refractivity (Wildman–Crippen MR) is 147 cm³/mol. The number of rotatable bonds is 17. The van der Waals surface area contributed by atoms with Gasteiger partial charge in [-0.2, -0.15) is 0 Å². The largest absolute Gasteiger partial charge is 0.501 e. The molecule has 0 saturated heterocycles. The van der Waals surface area contributed by atoms with E-state index in [2.05, 4.69) is 53.3 Å². The molecule has 1 unspecified atom stereocenters. The molecule has 35 heavy (non-hydrogen) atoms. The van der Waals surface area contributed by atoms with Crippen LogP contribution in [-0.2, 0) is 0 Å². The van der Waals surface area contributed by atoms with Crippen molar-refractivity contribution in [3.63, 3.8) is 0 Å². The summed E-state index contributed by atoms with van der Waals surface area (Å²) in [5.74, 6) is 23.6. The van der Waals surface area contributed by atoms with Gasteiger partial charge < -0.3 is 15.3 Å². The van der Waals surface area contributed by atoms with Crippen LogP contribution in [0.5, 0.6) is 0 Å². The molecule has 0 aliphatic carbocycles. The highest BCUT2D eigenvalue weighted by atomic mass is 16.3. The lowest BCUT2D eigenvalue weighted by Gasteiger charge is -2.04. The second kappa shape index (κ2) is 27.2. The van der Waals surface area contributed by atoms with Gasteiger partial charge in [-0.25, -0.2) is 0 Å². The van der Waals surface area contributed by atoms with Crippen molar-refractivity contribution in [2.24, 2.45) is 0 Å². The summed E-state index contributed by atoms with van der Waals surface area (Å²) in [5.41, 5.74) is 0. The van der Waals surface area contributed by atoms with Gasteiger partial charge in [-0.05, 0) is 67.8 Å². The van der Waals surface area contributed by atoms with Gasteiger partial charge in [0, 0.05) is 12.8 Å². The van der Waals surface area contributed by atoms with Gasteiger partial charge in [-0.1, -0.05) is 81.8 Å². The molecule has 1 atom stereocenters. The smallest absolute Gasteiger partial charge is 0.168 e. The third-order valence-corrected chi connectivity index (χ3v) is 5.20. The summed E-state index contributed by atoms with van der Waals surface area (Å²) in [6.45, 7) is -0.227. The summed E-state index contributed by atoms with van der Waals surface area (Å²) in [7, 11) is 0. The molecule has 0 aliphatic rings. The Bertz CT molecular complexity index is 873. The van der Waals surface area contributed by atoms with Crippen molar-refractivity contribution in [3.8, 4) is 59.7 Å². The lowest BCUT2D eigenvalue weighted by molar-refractivity contribution is 0.217. The third kappa shape index (κ3) is 27.1. The maximum Gasteiger partial charge on any atom is 0.168 e. The lowest BCUT2D eigenvalue weighted by Crippen LogP contribution is -2.01. The van der Waals surface area contributed by atoms with Gasteiger partial charge in [0.1, 0.15) is 12.7 Å². The molecule has 0 radical (unpaired) electrons. The van der Waals surface area contributed by atoms with E-state index in [1.54, 1.807) is 6.08 Å². The van der Waals surface area contributed by atoms with Crippen LogP contribution in [0.2, 0.25) is 0 Å². The number of hydrogen-bond donors (Lipinski definition) is 3. The van der Waals surface area contributed by atoms with Gasteiger partial charge in [-0.15, -0.1) is 18.3 Å². The van der Waals surface area contributed by atoms with E-state index in [1.165, 1.54) is 70.3 Å². The normalized spacial score (nSPS) is 11.1. The molecule has 188 valence electrons. The fraction of sp³-hybridized carbons (Fsp3) is 0.562. The minimum Gasteiger partial charge on any atom is -0.501 e. The van der Waals surface area contributed by atoms with E-state index < -0.39 is 6.10 Å². The van der Waals surface area contributed by atoms with Crippen LogP contribution in [0, 0.1) is 59.7 Å². The zero-order valence-corrected chi connectivity index (χ0v) is 21.2. The minimum absolute atomic E-state index is 0.0458. The third-order valence-electron chi connectivity index (χ3n) is 5.20. The Kier molecular flexibility index (Phi) is 24.9. The molecular weight excluding hydrogens is 432 g/mol. The second-order valence-electron chi connectivity index (χ2n) is 8.30. The summed E-state index contributed by atoms with van der Waals surface area (Å²) in [6.07, 6.45) is 28.3. The van der Waals surface area contributed by atoms with E-state index in [4.69, 9.17) is 11.5 Å². The van der Waals surface area contributed by atoms with Gasteiger partial charge in [0.05, 0.1) is 0 Å². The van der Waals surface area contributed by atoms with Crippen molar-refractivity contribution in [1.29, 1.82) is 0 Å². The lowest BCUT2D eigenvalue weighted by atomic mass is 10.0. The average Bonchev–Trinajstić information content (AvgIpc) is 2.86. The Morgan fingerprint density at radius 2 is 1.29 bits per heavy atom. The summed E-state index contributed by atoms with van der Waals surface area (Å²) < 4.78 is 0. The van der Waals surface area contributed by atoms with E-state index >= 15 is 0 Å². The first-order valence-corrected chi connectivity index (χ1v) is 13.0. The van der Waals surface area contributed by atoms with Crippen LogP contribution in [0.4, 0.5) is 0 Å². The Labute approximate surface area is 214 Å². The van der Waals surface area contributed by atoms with Crippen LogP contribution in [-0.4, -0.2) is 28.0 Å². The number of hydrogen-bond acceptors (Lipinski definition) is 3. The highest BCUT2D eigenvalue weighted by Gasteiger charge is 1.98. The van der Waals surface area contributed by atoms with E-state index in [9.17, 15) is 10.2 Å². The maximum atomic E-state index is 9.58. The molecule has 0 saturated carbocycles. The molecule has 0 aromatic rings.